The summed E-state index contributed by atoms with van der Waals surface area (Å²) in [5.41, 5.74) is 0.639. The molecule has 13 heteroatoms. The Kier molecular flexibility index (Phi) is 7.21. The van der Waals surface area contributed by atoms with Gasteiger partial charge in [0.05, 0.1) is 35.3 Å². The summed E-state index contributed by atoms with van der Waals surface area (Å²) < 4.78 is 42.0. The summed E-state index contributed by atoms with van der Waals surface area (Å²) in [5.74, 6) is -1.22. The third-order valence-electron chi connectivity index (χ3n) is 6.27. The van der Waals surface area contributed by atoms with Crippen molar-refractivity contribution in [2.45, 2.75) is 12.7 Å². The van der Waals surface area contributed by atoms with E-state index in [1.54, 1.807) is 24.4 Å². The minimum absolute atomic E-state index is 0.0102. The first-order chi connectivity index (χ1) is 18.1. The number of hydrogen-bond donors (Lipinski definition) is 1. The first-order valence-corrected chi connectivity index (χ1v) is 12.8. The highest BCUT2D eigenvalue weighted by atomic mass is 35.5. The van der Waals surface area contributed by atoms with E-state index in [4.69, 9.17) is 16.7 Å². The molecule has 3 heterocycles. The summed E-state index contributed by atoms with van der Waals surface area (Å²) in [6.07, 6.45) is -1.24. The van der Waals surface area contributed by atoms with Gasteiger partial charge in [-0.15, -0.1) is 0 Å². The molecule has 3 aromatic rings. The Morgan fingerprint density at radius 2 is 1.89 bits per heavy atom. The van der Waals surface area contributed by atoms with E-state index in [0.29, 0.717) is 47.2 Å². The molecule has 38 heavy (non-hydrogen) atoms. The van der Waals surface area contributed by atoms with Gasteiger partial charge in [0.1, 0.15) is 0 Å². The van der Waals surface area contributed by atoms with Gasteiger partial charge in [-0.25, -0.2) is 0 Å². The van der Waals surface area contributed by atoms with Crippen LogP contribution in [-0.4, -0.2) is 74.5 Å². The molecule has 0 saturated carbocycles. The second-order valence-corrected chi connectivity index (χ2v) is 10.3. The van der Waals surface area contributed by atoms with Crippen molar-refractivity contribution in [3.63, 3.8) is 0 Å². The summed E-state index contributed by atoms with van der Waals surface area (Å²) >= 11 is 7.05. The van der Waals surface area contributed by atoms with Crippen molar-refractivity contribution >= 4 is 57.4 Å². The van der Waals surface area contributed by atoms with E-state index in [1.165, 1.54) is 28.6 Å². The van der Waals surface area contributed by atoms with Gasteiger partial charge in [0.25, 0.3) is 5.91 Å². The molecule has 1 amide bonds. The number of nitrogens with zero attached hydrogens (tertiary/aromatic N) is 5. The first-order valence-electron chi connectivity index (χ1n) is 11.6. The molecule has 1 aromatic heterocycles. The lowest BCUT2D eigenvalue weighted by Crippen LogP contribution is -2.49. The largest absolute Gasteiger partial charge is 0.480 e. The van der Waals surface area contributed by atoms with Crippen molar-refractivity contribution in [3.8, 4) is 0 Å². The smallest absolute Gasteiger partial charge is 0.416 e. The second-order valence-electron chi connectivity index (χ2n) is 8.89. The lowest BCUT2D eigenvalue weighted by Gasteiger charge is -2.34. The van der Waals surface area contributed by atoms with Gasteiger partial charge < -0.3 is 10.0 Å². The zero-order chi connectivity index (χ0) is 27.0. The highest BCUT2D eigenvalue weighted by molar-refractivity contribution is 8.18. The molecule has 1 fully saturated rings. The van der Waals surface area contributed by atoms with Gasteiger partial charge in [0.2, 0.25) is 0 Å². The minimum atomic E-state index is -4.54. The van der Waals surface area contributed by atoms with Crippen LogP contribution in [0.5, 0.6) is 0 Å². The van der Waals surface area contributed by atoms with Crippen molar-refractivity contribution in [1.29, 1.82) is 0 Å². The maximum Gasteiger partial charge on any atom is 0.416 e. The quantitative estimate of drug-likeness (QED) is 0.459. The molecule has 0 bridgehead atoms. The van der Waals surface area contributed by atoms with Gasteiger partial charge in [0, 0.05) is 36.6 Å². The van der Waals surface area contributed by atoms with Gasteiger partial charge >= 0.3 is 12.1 Å². The Hall–Kier alpha value is -3.35. The number of carboxylic acids is 1. The molecule has 0 spiro atoms. The third-order valence-corrected chi connectivity index (χ3v) is 7.55. The Morgan fingerprint density at radius 1 is 1.13 bits per heavy atom. The van der Waals surface area contributed by atoms with Crippen molar-refractivity contribution in [2.75, 3.05) is 32.7 Å². The lowest BCUT2D eigenvalue weighted by atomic mass is 10.1. The SMILES string of the molecule is O=C(O)CN1CCN(C2=NC(=O)C(=Cc3ccc4c(cnn4Cc4ccc(Cl)cc4C(F)(F)F)c3)S2)CC1. The van der Waals surface area contributed by atoms with E-state index in [1.807, 2.05) is 15.9 Å². The molecule has 1 N–H and O–H groups in total. The van der Waals surface area contributed by atoms with Crippen LogP contribution in [0.15, 0.2) is 52.5 Å². The van der Waals surface area contributed by atoms with E-state index in [-0.39, 0.29) is 29.6 Å². The molecule has 2 aliphatic heterocycles. The number of thioether (sulfide) groups is 1. The number of piperazine rings is 1. The Balaban J connectivity index is 1.30. The molecule has 198 valence electrons. The summed E-state index contributed by atoms with van der Waals surface area (Å²) in [4.78, 5) is 31.9. The lowest BCUT2D eigenvalue weighted by molar-refractivity contribution is -0.139. The van der Waals surface area contributed by atoms with Crippen LogP contribution in [0.2, 0.25) is 5.02 Å². The average Bonchev–Trinajstić information content (AvgIpc) is 3.42. The number of amidine groups is 1. The number of alkyl halides is 3. The number of aromatic nitrogens is 2. The van der Waals surface area contributed by atoms with E-state index in [9.17, 15) is 22.8 Å². The normalized spacial score (nSPS) is 18.0. The topological polar surface area (TPSA) is 91.0 Å². The maximum atomic E-state index is 13.5. The molecule has 0 aliphatic carbocycles. The van der Waals surface area contributed by atoms with E-state index in [2.05, 4.69) is 10.1 Å². The molecule has 8 nitrogen and oxygen atoms in total. The molecule has 0 atom stereocenters. The number of carbonyl (C=O) groups is 2. The van der Waals surface area contributed by atoms with E-state index in [0.717, 1.165) is 11.6 Å². The van der Waals surface area contributed by atoms with Crippen molar-refractivity contribution < 1.29 is 27.9 Å². The summed E-state index contributed by atoms with van der Waals surface area (Å²) in [6, 6.07) is 9.03. The molecule has 2 aromatic carbocycles. The van der Waals surface area contributed by atoms with E-state index >= 15 is 0 Å². The third kappa shape index (κ3) is 5.71. The van der Waals surface area contributed by atoms with Gasteiger partial charge in [-0.2, -0.15) is 23.3 Å². The van der Waals surface area contributed by atoms with Crippen LogP contribution in [0.25, 0.3) is 17.0 Å². The summed E-state index contributed by atoms with van der Waals surface area (Å²) in [5, 5.41) is 14.5. The number of hydrogen-bond acceptors (Lipinski definition) is 6. The molecule has 0 unspecified atom stereocenters. The van der Waals surface area contributed by atoms with Gasteiger partial charge in [0.15, 0.2) is 5.17 Å². The van der Waals surface area contributed by atoms with Crippen molar-refractivity contribution in [2.24, 2.45) is 4.99 Å². The van der Waals surface area contributed by atoms with E-state index < -0.39 is 17.7 Å². The Morgan fingerprint density at radius 3 is 2.61 bits per heavy atom. The fourth-order valence-corrected chi connectivity index (χ4v) is 5.54. The average molecular weight is 564 g/mol. The minimum Gasteiger partial charge on any atom is -0.480 e. The van der Waals surface area contributed by atoms with Gasteiger partial charge in [-0.3, -0.25) is 19.2 Å². The number of rotatable bonds is 5. The van der Waals surface area contributed by atoms with Crippen LogP contribution in [0.4, 0.5) is 13.2 Å². The maximum absolute atomic E-state index is 13.5. The summed E-state index contributed by atoms with van der Waals surface area (Å²) in [6.45, 7) is 2.20. The number of amides is 1. The fourth-order valence-electron chi connectivity index (χ4n) is 4.41. The molecular weight excluding hydrogens is 543 g/mol. The first kappa shape index (κ1) is 26.3. The number of halogens is 4. The number of aliphatic carboxylic acids is 1. The highest BCUT2D eigenvalue weighted by Gasteiger charge is 2.34. The Labute approximate surface area is 224 Å². The van der Waals surface area contributed by atoms with Crippen molar-refractivity contribution in [3.05, 3.63) is 69.2 Å². The van der Waals surface area contributed by atoms with Crippen LogP contribution in [0.3, 0.4) is 0 Å². The number of carboxylic acid groups (broad SMARTS) is 1. The zero-order valence-corrected chi connectivity index (χ0v) is 21.4. The number of aliphatic imine (C=N–C) groups is 1. The predicted molar refractivity (Wildman–Crippen MR) is 139 cm³/mol. The van der Waals surface area contributed by atoms with Gasteiger partial charge in [-0.1, -0.05) is 23.7 Å². The molecule has 1 saturated heterocycles. The predicted octanol–water partition coefficient (Wildman–Crippen LogP) is 4.43. The number of benzene rings is 2. The van der Waals surface area contributed by atoms with Crippen LogP contribution >= 0.6 is 23.4 Å². The summed E-state index contributed by atoms with van der Waals surface area (Å²) in [7, 11) is 0. The molecule has 0 radical (unpaired) electrons. The fraction of sp³-hybridized carbons (Fsp3) is 0.280. The second kappa shape index (κ2) is 10.4. The highest BCUT2D eigenvalue weighted by Crippen LogP contribution is 2.35. The molecule has 2 aliphatic rings. The monoisotopic (exact) mass is 563 g/mol. The van der Waals surface area contributed by atoms with Crippen LogP contribution in [0, 0.1) is 0 Å². The number of fused-ring (bicyclic) bond motifs is 1. The van der Waals surface area contributed by atoms with Crippen molar-refractivity contribution in [1.82, 2.24) is 19.6 Å². The molecule has 5 rings (SSSR count). The zero-order valence-electron chi connectivity index (χ0n) is 19.8. The van der Waals surface area contributed by atoms with Crippen LogP contribution in [0.1, 0.15) is 16.7 Å². The van der Waals surface area contributed by atoms with Crippen LogP contribution in [-0.2, 0) is 22.3 Å². The Bertz CT molecular complexity index is 1480. The number of carbonyl (C=O) groups excluding carboxylic acids is 1. The van der Waals surface area contributed by atoms with Gasteiger partial charge in [-0.05, 0) is 53.2 Å². The van der Waals surface area contributed by atoms with Crippen LogP contribution < -0.4 is 0 Å². The molecular formula is C25H21ClF3N5O3S. The standard InChI is InChI=1S/C25H21ClF3N5O3S/c26-18-3-2-16(19(11-18)25(27,28)29)13-34-20-4-1-15(9-17(20)12-30-34)10-21-23(37)31-24(38-21)33-7-5-32(6-8-33)14-22(35)36/h1-4,9-12H,5-8,13-14H2,(H,35,36).